The first kappa shape index (κ1) is 38.6. The van der Waals surface area contributed by atoms with Gasteiger partial charge in [0, 0.05) is 50.0 Å². The Bertz CT molecular complexity index is 4100. The minimum atomic E-state index is -0.633. The molecule has 0 saturated heterocycles. The van der Waals surface area contributed by atoms with Gasteiger partial charge in [-0.1, -0.05) is 244 Å². The summed E-state index contributed by atoms with van der Waals surface area (Å²) in [6.07, 6.45) is 0. The van der Waals surface area contributed by atoms with Gasteiger partial charge in [-0.25, -0.2) is 0 Å². The van der Waals surface area contributed by atoms with Gasteiger partial charge < -0.3 is 9.80 Å². The number of hydrogen-bond donors (Lipinski definition) is 0. The molecule has 0 atom stereocenters. The second-order valence-corrected chi connectivity index (χ2v) is 22.4. The van der Waals surface area contributed by atoms with Crippen LogP contribution < -0.4 is 9.80 Å². The number of rotatable bonds is 11. The van der Waals surface area contributed by atoms with Crippen LogP contribution in [-0.2, 0) is 16.2 Å². The molecule has 0 unspecified atom stereocenters. The largest absolute Gasteiger partial charge is 0.309 e. The van der Waals surface area contributed by atoms with E-state index in [1.165, 1.54) is 12.1 Å². The number of anilines is 6. The smallest absolute Gasteiger partial charge is 0.0661 e. The van der Waals surface area contributed by atoms with Crippen LogP contribution in [0.2, 0.25) is 5.02 Å². The Balaban J connectivity index is 1.44. The van der Waals surface area contributed by atoms with Gasteiger partial charge in [0.05, 0.1) is 26.5 Å². The molecular formula is C72H67ClN2. The molecule has 0 spiro atoms. The van der Waals surface area contributed by atoms with E-state index in [0.29, 0.717) is 22.7 Å². The quantitative estimate of drug-likeness (QED) is 0.127. The molecule has 0 radical (unpaired) electrons. The second kappa shape index (κ2) is 20.8. The van der Waals surface area contributed by atoms with Crippen LogP contribution >= 0.6 is 11.6 Å². The van der Waals surface area contributed by atoms with Gasteiger partial charge in [-0.05, 0) is 139 Å². The van der Waals surface area contributed by atoms with Gasteiger partial charge in [0.15, 0.2) is 0 Å². The van der Waals surface area contributed by atoms with Crippen LogP contribution in [-0.4, -0.2) is 0 Å². The zero-order valence-corrected chi connectivity index (χ0v) is 44.8. The summed E-state index contributed by atoms with van der Waals surface area (Å²) in [5.41, 5.74) is 9.84. The minimum Gasteiger partial charge on any atom is -0.309 e. The molecule has 0 N–H and O–H groups in total. The lowest BCUT2D eigenvalue weighted by Crippen LogP contribution is -2.20. The van der Waals surface area contributed by atoms with Crippen LogP contribution in [0.3, 0.4) is 0 Å². The number of nitrogens with zero attached hydrogens (tertiary/aromatic N) is 2. The van der Waals surface area contributed by atoms with Gasteiger partial charge in [-0.3, -0.25) is 0 Å². The average molecular weight is 1010 g/mol. The lowest BCUT2D eigenvalue weighted by atomic mass is 9.81. The summed E-state index contributed by atoms with van der Waals surface area (Å²) in [6.45, 7) is 19.2. The van der Waals surface area contributed by atoms with Crippen molar-refractivity contribution in [3.63, 3.8) is 0 Å². The topological polar surface area (TPSA) is 6.48 Å². The maximum absolute atomic E-state index is 10.3. The molecule has 0 aliphatic rings. The Morgan fingerprint density at radius 3 is 1.09 bits per heavy atom. The molecule has 0 bridgehead atoms. The van der Waals surface area contributed by atoms with E-state index in [9.17, 15) is 6.85 Å². The molecule has 0 amide bonds. The van der Waals surface area contributed by atoms with Gasteiger partial charge in [0.2, 0.25) is 0 Å². The monoisotopic (exact) mass is 1010 g/mol. The highest BCUT2D eigenvalue weighted by atomic mass is 35.5. The van der Waals surface area contributed by atoms with Crippen molar-refractivity contribution in [3.8, 4) is 55.6 Å². The Morgan fingerprint density at radius 1 is 0.320 bits per heavy atom. The van der Waals surface area contributed by atoms with E-state index in [0.717, 1.165) is 61.2 Å². The summed E-state index contributed by atoms with van der Waals surface area (Å²) >= 11 is 7.06. The molecule has 0 aliphatic carbocycles. The van der Waals surface area contributed by atoms with Crippen LogP contribution in [0.5, 0.6) is 0 Å². The predicted molar refractivity (Wildman–Crippen MR) is 324 cm³/mol. The minimum absolute atomic E-state index is 0.0817. The highest BCUT2D eigenvalue weighted by Gasteiger charge is 2.31. The van der Waals surface area contributed by atoms with Crippen LogP contribution in [0.25, 0.3) is 55.6 Å². The van der Waals surface area contributed by atoms with Crippen LogP contribution in [0.1, 0.15) is 94.1 Å². The molecule has 10 aromatic rings. The fourth-order valence-corrected chi connectivity index (χ4v) is 9.62. The molecule has 0 saturated carbocycles. The first-order valence-corrected chi connectivity index (χ1v) is 25.7. The summed E-state index contributed by atoms with van der Waals surface area (Å²) in [7, 11) is 0. The lowest BCUT2D eigenvalue weighted by Gasteiger charge is -2.36. The van der Waals surface area contributed by atoms with Crippen molar-refractivity contribution in [2.45, 2.75) is 78.6 Å². The van der Waals surface area contributed by atoms with E-state index < -0.39 is 41.7 Å². The van der Waals surface area contributed by atoms with Crippen molar-refractivity contribution in [3.05, 3.63) is 264 Å². The van der Waals surface area contributed by atoms with Crippen molar-refractivity contribution in [2.24, 2.45) is 0 Å². The third-order valence-electron chi connectivity index (χ3n) is 13.6. The van der Waals surface area contributed by atoms with Crippen LogP contribution in [0.15, 0.2) is 242 Å². The Labute approximate surface area is 467 Å². The maximum Gasteiger partial charge on any atom is 0.0661 e. The maximum atomic E-state index is 10.3. The van der Waals surface area contributed by atoms with Gasteiger partial charge >= 0.3 is 0 Å². The normalized spacial score (nSPS) is 13.9. The van der Waals surface area contributed by atoms with Crippen molar-refractivity contribution in [1.29, 1.82) is 0 Å². The molecule has 0 aliphatic heterocycles. The summed E-state index contributed by atoms with van der Waals surface area (Å²) in [5, 5.41) is -0.205. The molecule has 75 heavy (non-hydrogen) atoms. The summed E-state index contributed by atoms with van der Waals surface area (Å²) < 4.78 is 102. The van der Waals surface area contributed by atoms with Crippen molar-refractivity contribution in [2.75, 3.05) is 9.80 Å². The third-order valence-corrected chi connectivity index (χ3v) is 13.7. The van der Waals surface area contributed by atoms with Gasteiger partial charge in [-0.2, -0.15) is 0 Å². The number of hydrogen-bond acceptors (Lipinski definition) is 2. The average Bonchev–Trinajstić information content (AvgIpc) is 0.874. The highest BCUT2D eigenvalue weighted by Crippen LogP contribution is 2.53. The zero-order valence-electron chi connectivity index (χ0n) is 55.0. The first-order valence-electron chi connectivity index (χ1n) is 30.9. The zero-order chi connectivity index (χ0) is 62.1. The SMILES string of the molecule is [2H]c1cc(N(c2cc(N(c3cc([2H])c(-c4c([2H])c([2H])c([2H])c([2H])c4[2H])c([2H])c3[2H])c3c(-c4ccccc4)cc(C(C)(C)C)cc3-c3ccccc3)cc(C(C)(C)C)c2)c2c(-c3ccccc3)cc(C(C)(C)C)cc2-c2ccccc2)c([2H])c(Cl)c1[2H]. The first-order chi connectivity index (χ1) is 40.6. The van der Waals surface area contributed by atoms with E-state index in [1.807, 2.05) is 143 Å². The second-order valence-electron chi connectivity index (χ2n) is 22.0. The Hall–Kier alpha value is -7.91. The molecular weight excluding hydrogens is 928 g/mol. The third kappa shape index (κ3) is 10.9. The predicted octanol–water partition coefficient (Wildman–Crippen LogP) is 21.5. The van der Waals surface area contributed by atoms with Crippen LogP contribution in [0.4, 0.5) is 34.1 Å². The standard InChI is InChI=1S/C72H67ClN2/c1-70(2,3)56-42-62(49-63(43-56)75(61-37-25-36-59(73)48-61)69-66(54-32-21-13-22-33-54)46-58(72(7,8)9)47-67(69)55-34-23-14-24-35-55)74(60-40-38-51(39-41-60)50-26-15-10-16-27-50)68-64(52-28-17-11-18-29-52)44-57(71(4,5)6)45-65(68)53-30-19-12-20-31-53/h10-49H,1-9H3/i10D,15D,16D,25D,26D,27D,36D,38D,39D,40D,48D. The summed E-state index contributed by atoms with van der Waals surface area (Å²) in [5.74, 6) is 0. The van der Waals surface area contributed by atoms with Crippen LogP contribution in [0, 0.1) is 0 Å². The van der Waals surface area contributed by atoms with Crippen molar-refractivity contribution in [1.82, 2.24) is 0 Å². The fourth-order valence-electron chi connectivity index (χ4n) is 9.47. The lowest BCUT2D eigenvalue weighted by molar-refractivity contribution is 0.590. The van der Waals surface area contributed by atoms with E-state index in [1.54, 1.807) is 0 Å². The number of halogens is 1. The molecule has 10 rings (SSSR count). The van der Waals surface area contributed by atoms with Gasteiger partial charge in [-0.15, -0.1) is 0 Å². The van der Waals surface area contributed by atoms with E-state index in [2.05, 4.69) is 92.6 Å². The molecule has 0 fully saturated rings. The van der Waals surface area contributed by atoms with E-state index in [4.69, 9.17) is 19.8 Å². The molecule has 0 heterocycles. The summed E-state index contributed by atoms with van der Waals surface area (Å²) in [6, 6.07) is 52.6. The summed E-state index contributed by atoms with van der Waals surface area (Å²) in [4.78, 5) is 3.88. The molecule has 0 aromatic heterocycles. The Morgan fingerprint density at radius 2 is 0.693 bits per heavy atom. The fraction of sp³-hybridized carbons (Fsp3) is 0.167. The molecule has 2 nitrogen and oxygen atoms in total. The van der Waals surface area contributed by atoms with Gasteiger partial charge in [0.25, 0.3) is 0 Å². The molecule has 10 aromatic carbocycles. The van der Waals surface area contributed by atoms with Gasteiger partial charge in [0.1, 0.15) is 0 Å². The van der Waals surface area contributed by atoms with E-state index in [-0.39, 0.29) is 68.6 Å². The Kier molecular flexibility index (Phi) is 10.7. The van der Waals surface area contributed by atoms with E-state index >= 15 is 0 Å². The molecule has 372 valence electrons. The highest BCUT2D eigenvalue weighted by molar-refractivity contribution is 6.31. The van der Waals surface area contributed by atoms with Crippen molar-refractivity contribution < 1.29 is 15.1 Å². The van der Waals surface area contributed by atoms with Crippen molar-refractivity contribution >= 4 is 45.7 Å². The number of benzene rings is 10. The molecule has 3 heteroatoms.